The first kappa shape index (κ1) is 13.7. The smallest absolute Gasteiger partial charge is 0.233 e. The van der Waals surface area contributed by atoms with E-state index in [0.29, 0.717) is 17.6 Å². The Hall–Kier alpha value is -2.22. The van der Waals surface area contributed by atoms with Crippen molar-refractivity contribution in [1.29, 1.82) is 0 Å². The minimum Gasteiger partial charge on any atom is -0.285 e. The van der Waals surface area contributed by atoms with Gasteiger partial charge in [-0.15, -0.1) is 0 Å². The zero-order valence-electron chi connectivity index (χ0n) is 12.2. The third-order valence-electron chi connectivity index (χ3n) is 4.04. The summed E-state index contributed by atoms with van der Waals surface area (Å²) in [6.45, 7) is 2.13. The molecule has 1 aliphatic rings. The maximum atomic E-state index is 12.3. The molecule has 0 atom stereocenters. The maximum absolute atomic E-state index is 12.3. The summed E-state index contributed by atoms with van der Waals surface area (Å²) in [4.78, 5) is 24.5. The van der Waals surface area contributed by atoms with Crippen molar-refractivity contribution in [1.82, 2.24) is 0 Å². The Morgan fingerprint density at radius 3 is 2.33 bits per heavy atom. The van der Waals surface area contributed by atoms with E-state index in [0.717, 1.165) is 35.6 Å². The number of allylic oxidation sites excluding steroid dienone is 1. The van der Waals surface area contributed by atoms with Gasteiger partial charge >= 0.3 is 0 Å². The molecule has 1 aliphatic carbocycles. The Morgan fingerprint density at radius 1 is 0.905 bits per heavy atom. The van der Waals surface area contributed by atoms with E-state index < -0.39 is 0 Å². The topological polar surface area (TPSA) is 34.1 Å². The average molecular weight is 278 g/mol. The molecular formula is C19H18O2. The van der Waals surface area contributed by atoms with E-state index in [-0.39, 0.29) is 11.6 Å². The highest BCUT2D eigenvalue weighted by atomic mass is 16.2. The summed E-state index contributed by atoms with van der Waals surface area (Å²) in [6.07, 6.45) is 5.76. The van der Waals surface area contributed by atoms with E-state index in [1.54, 1.807) is 0 Å². The predicted octanol–water partition coefficient (Wildman–Crippen LogP) is 4.57. The van der Waals surface area contributed by atoms with Crippen LogP contribution in [0, 0.1) is 0 Å². The normalized spacial score (nSPS) is 14.2. The van der Waals surface area contributed by atoms with Crippen LogP contribution in [0.2, 0.25) is 0 Å². The standard InChI is InChI=1S/C19H18O2/c1-2-3-4-9-15-11-16-10-13-7-5-6-8-14(13)12-17(16)19(21)18(15)20/h5-8,10-12H,2-4,9H2,1H3. The molecule has 2 nitrogen and oxygen atoms in total. The van der Waals surface area contributed by atoms with Crippen molar-refractivity contribution in [2.24, 2.45) is 0 Å². The number of carbonyl (C=O) groups is 2. The lowest BCUT2D eigenvalue weighted by Crippen LogP contribution is -2.21. The molecule has 0 saturated carbocycles. The molecule has 21 heavy (non-hydrogen) atoms. The predicted molar refractivity (Wildman–Crippen MR) is 85.4 cm³/mol. The minimum atomic E-state index is -0.357. The number of benzene rings is 2. The monoisotopic (exact) mass is 278 g/mol. The SMILES string of the molecule is CCCCCC1=Cc2cc3ccccc3cc2C(=O)C1=O. The van der Waals surface area contributed by atoms with Crippen LogP contribution in [0.25, 0.3) is 16.8 Å². The van der Waals surface area contributed by atoms with Crippen LogP contribution in [0.3, 0.4) is 0 Å². The van der Waals surface area contributed by atoms with Crippen molar-refractivity contribution >= 4 is 28.4 Å². The summed E-state index contributed by atoms with van der Waals surface area (Å²) in [5.41, 5.74) is 2.08. The lowest BCUT2D eigenvalue weighted by molar-refractivity contribution is -0.112. The van der Waals surface area contributed by atoms with Gasteiger partial charge in [-0.05, 0) is 47.4 Å². The van der Waals surface area contributed by atoms with Gasteiger partial charge < -0.3 is 0 Å². The second kappa shape index (κ2) is 5.65. The van der Waals surface area contributed by atoms with Gasteiger partial charge in [0.15, 0.2) is 0 Å². The van der Waals surface area contributed by atoms with Gasteiger partial charge in [-0.1, -0.05) is 44.0 Å². The molecule has 3 rings (SSSR count). The molecule has 0 spiro atoms. The molecule has 0 radical (unpaired) electrons. The average Bonchev–Trinajstić information content (AvgIpc) is 2.51. The van der Waals surface area contributed by atoms with Gasteiger partial charge in [0.2, 0.25) is 11.6 Å². The summed E-state index contributed by atoms with van der Waals surface area (Å²) in [6, 6.07) is 11.8. The first-order valence-corrected chi connectivity index (χ1v) is 7.53. The van der Waals surface area contributed by atoms with Crippen molar-refractivity contribution in [3.05, 3.63) is 53.1 Å². The van der Waals surface area contributed by atoms with Gasteiger partial charge in [0.1, 0.15) is 0 Å². The molecule has 2 heteroatoms. The van der Waals surface area contributed by atoms with Crippen molar-refractivity contribution in [3.63, 3.8) is 0 Å². The Balaban J connectivity index is 2.05. The Labute approximate surface area is 124 Å². The Kier molecular flexibility index (Phi) is 3.70. The number of hydrogen-bond donors (Lipinski definition) is 0. The van der Waals surface area contributed by atoms with Crippen LogP contribution in [0.1, 0.15) is 48.5 Å². The van der Waals surface area contributed by atoms with Gasteiger partial charge in [0.05, 0.1) is 0 Å². The molecule has 0 bridgehead atoms. The van der Waals surface area contributed by atoms with Crippen LogP contribution in [-0.4, -0.2) is 11.6 Å². The molecule has 0 fully saturated rings. The van der Waals surface area contributed by atoms with Gasteiger partial charge in [-0.25, -0.2) is 0 Å². The number of Topliss-reactive ketones (excluding diaryl/α,β-unsaturated/α-hetero) is 2. The summed E-state index contributed by atoms with van der Waals surface area (Å²) >= 11 is 0. The molecule has 0 amide bonds. The summed E-state index contributed by atoms with van der Waals surface area (Å²) in [5, 5.41) is 2.10. The van der Waals surface area contributed by atoms with Crippen LogP contribution in [0.5, 0.6) is 0 Å². The number of fused-ring (bicyclic) bond motifs is 2. The van der Waals surface area contributed by atoms with E-state index in [4.69, 9.17) is 0 Å². The number of unbranched alkanes of at least 4 members (excludes halogenated alkanes) is 2. The van der Waals surface area contributed by atoms with E-state index in [1.165, 1.54) is 0 Å². The highest BCUT2D eigenvalue weighted by Gasteiger charge is 2.27. The highest BCUT2D eigenvalue weighted by molar-refractivity contribution is 6.52. The van der Waals surface area contributed by atoms with E-state index in [2.05, 4.69) is 6.92 Å². The van der Waals surface area contributed by atoms with Crippen molar-refractivity contribution in [2.45, 2.75) is 32.6 Å². The zero-order valence-corrected chi connectivity index (χ0v) is 12.2. The Bertz CT molecular complexity index is 753. The number of hydrogen-bond acceptors (Lipinski definition) is 2. The molecule has 0 heterocycles. The molecular weight excluding hydrogens is 260 g/mol. The third-order valence-corrected chi connectivity index (χ3v) is 4.04. The van der Waals surface area contributed by atoms with Gasteiger partial charge in [-0.3, -0.25) is 9.59 Å². The van der Waals surface area contributed by atoms with Gasteiger partial charge in [0.25, 0.3) is 0 Å². The second-order valence-corrected chi connectivity index (χ2v) is 5.57. The van der Waals surface area contributed by atoms with E-state index in [1.807, 2.05) is 42.5 Å². The third kappa shape index (κ3) is 2.54. The fraction of sp³-hybridized carbons (Fsp3) is 0.263. The number of ketones is 2. The molecule has 0 unspecified atom stereocenters. The van der Waals surface area contributed by atoms with Crippen LogP contribution in [0.4, 0.5) is 0 Å². The molecule has 106 valence electrons. The summed E-state index contributed by atoms with van der Waals surface area (Å²) in [7, 11) is 0. The fourth-order valence-corrected chi connectivity index (χ4v) is 2.85. The maximum Gasteiger partial charge on any atom is 0.233 e. The first-order chi connectivity index (χ1) is 10.2. The van der Waals surface area contributed by atoms with Crippen LogP contribution < -0.4 is 0 Å². The molecule has 0 aliphatic heterocycles. The first-order valence-electron chi connectivity index (χ1n) is 7.53. The second-order valence-electron chi connectivity index (χ2n) is 5.57. The lowest BCUT2D eigenvalue weighted by atomic mass is 9.86. The fourth-order valence-electron chi connectivity index (χ4n) is 2.85. The van der Waals surface area contributed by atoms with Crippen molar-refractivity contribution in [2.75, 3.05) is 0 Å². The quantitative estimate of drug-likeness (QED) is 0.606. The Morgan fingerprint density at radius 2 is 1.62 bits per heavy atom. The van der Waals surface area contributed by atoms with Crippen LogP contribution in [0.15, 0.2) is 42.0 Å². The van der Waals surface area contributed by atoms with E-state index in [9.17, 15) is 9.59 Å². The summed E-state index contributed by atoms with van der Waals surface area (Å²) < 4.78 is 0. The van der Waals surface area contributed by atoms with Crippen LogP contribution in [-0.2, 0) is 4.79 Å². The van der Waals surface area contributed by atoms with Gasteiger partial charge in [-0.2, -0.15) is 0 Å². The molecule has 2 aromatic rings. The van der Waals surface area contributed by atoms with Crippen molar-refractivity contribution < 1.29 is 9.59 Å². The number of rotatable bonds is 4. The van der Waals surface area contributed by atoms with Crippen LogP contribution >= 0.6 is 0 Å². The van der Waals surface area contributed by atoms with Gasteiger partial charge in [0, 0.05) is 11.1 Å². The highest BCUT2D eigenvalue weighted by Crippen LogP contribution is 2.28. The zero-order chi connectivity index (χ0) is 14.8. The lowest BCUT2D eigenvalue weighted by Gasteiger charge is -2.15. The van der Waals surface area contributed by atoms with Crippen molar-refractivity contribution in [3.8, 4) is 0 Å². The molecule has 0 N–H and O–H groups in total. The molecule has 0 aromatic heterocycles. The summed E-state index contributed by atoms with van der Waals surface area (Å²) in [5.74, 6) is -0.682. The van der Waals surface area contributed by atoms with E-state index >= 15 is 0 Å². The largest absolute Gasteiger partial charge is 0.285 e. The molecule has 0 saturated heterocycles. The number of carbonyl (C=O) groups excluding carboxylic acids is 2. The molecule has 2 aromatic carbocycles. The minimum absolute atomic E-state index is 0.325.